The summed E-state index contributed by atoms with van der Waals surface area (Å²) in [5.41, 5.74) is 0.264. The standard InChI is InChI=1S/C24H34N4O4S/c1-18-8-4-7-14-28(18)33(31,32)19-9-10-22-20(16-19)21(17-23(29)26-22)24(30)25-11-15-27-12-5-2-3-6-13-27/h9-10,16-18H,2-8,11-15H2,1H3,(H,25,30)(H,26,29). The van der Waals surface area contributed by atoms with Crippen LogP contribution in [0.5, 0.6) is 0 Å². The van der Waals surface area contributed by atoms with Crippen LogP contribution in [-0.2, 0) is 10.0 Å². The number of likely N-dealkylation sites (tertiary alicyclic amines) is 1. The number of aromatic amines is 1. The van der Waals surface area contributed by atoms with Crippen molar-refractivity contribution < 1.29 is 13.2 Å². The Bertz CT molecular complexity index is 1150. The molecule has 2 aliphatic heterocycles. The van der Waals surface area contributed by atoms with E-state index in [-0.39, 0.29) is 28.0 Å². The number of carbonyl (C=O) groups is 1. The molecule has 33 heavy (non-hydrogen) atoms. The number of amides is 1. The van der Waals surface area contributed by atoms with Crippen LogP contribution in [0.15, 0.2) is 34.0 Å². The Hall–Kier alpha value is -2.23. The number of pyridine rings is 1. The molecule has 1 aromatic heterocycles. The van der Waals surface area contributed by atoms with E-state index in [1.807, 2.05) is 6.92 Å². The van der Waals surface area contributed by atoms with Crippen molar-refractivity contribution in [2.24, 2.45) is 0 Å². The lowest BCUT2D eigenvalue weighted by atomic mass is 10.1. The number of nitrogens with one attached hydrogen (secondary N) is 2. The normalized spacial score (nSPS) is 21.1. The summed E-state index contributed by atoms with van der Waals surface area (Å²) in [5.74, 6) is -0.359. The molecule has 1 unspecified atom stereocenters. The van der Waals surface area contributed by atoms with E-state index < -0.39 is 10.0 Å². The molecule has 2 N–H and O–H groups in total. The van der Waals surface area contributed by atoms with Crippen molar-refractivity contribution in [3.05, 3.63) is 40.2 Å². The second kappa shape index (κ2) is 10.4. The monoisotopic (exact) mass is 474 g/mol. The molecular weight excluding hydrogens is 440 g/mol. The Morgan fingerprint density at radius 2 is 1.79 bits per heavy atom. The van der Waals surface area contributed by atoms with E-state index in [9.17, 15) is 18.0 Å². The van der Waals surface area contributed by atoms with Crippen LogP contribution < -0.4 is 10.9 Å². The zero-order valence-corrected chi connectivity index (χ0v) is 20.1. The minimum atomic E-state index is -3.69. The lowest BCUT2D eigenvalue weighted by molar-refractivity contribution is 0.0950. The Morgan fingerprint density at radius 1 is 1.06 bits per heavy atom. The third-order valence-corrected chi connectivity index (χ3v) is 8.83. The summed E-state index contributed by atoms with van der Waals surface area (Å²) < 4.78 is 28.2. The fraction of sp³-hybridized carbons (Fsp3) is 0.583. The summed E-state index contributed by atoms with van der Waals surface area (Å²) in [4.78, 5) is 30.4. The first-order valence-corrected chi connectivity index (χ1v) is 13.5. The zero-order valence-electron chi connectivity index (χ0n) is 19.3. The highest BCUT2D eigenvalue weighted by Crippen LogP contribution is 2.27. The topological polar surface area (TPSA) is 103 Å². The highest BCUT2D eigenvalue weighted by molar-refractivity contribution is 7.89. The highest BCUT2D eigenvalue weighted by atomic mass is 32.2. The van der Waals surface area contributed by atoms with Gasteiger partial charge in [-0.25, -0.2) is 8.42 Å². The number of fused-ring (bicyclic) bond motifs is 1. The van der Waals surface area contributed by atoms with Crippen LogP contribution in [0.25, 0.3) is 10.9 Å². The number of nitrogens with zero attached hydrogens (tertiary/aromatic N) is 2. The van der Waals surface area contributed by atoms with Gasteiger partial charge in [0.2, 0.25) is 15.6 Å². The fourth-order valence-electron chi connectivity index (χ4n) is 4.93. The lowest BCUT2D eigenvalue weighted by Gasteiger charge is -2.32. The molecule has 2 saturated heterocycles. The number of carbonyl (C=O) groups excluding carboxylic acids is 1. The summed E-state index contributed by atoms with van der Waals surface area (Å²) in [6.45, 7) is 5.76. The average Bonchev–Trinajstić information content (AvgIpc) is 3.07. The molecule has 1 atom stereocenters. The van der Waals surface area contributed by atoms with Gasteiger partial charge in [0.15, 0.2) is 0 Å². The first-order valence-electron chi connectivity index (χ1n) is 12.1. The van der Waals surface area contributed by atoms with Gasteiger partial charge in [0.1, 0.15) is 0 Å². The van der Waals surface area contributed by atoms with Crippen molar-refractivity contribution in [3.8, 4) is 0 Å². The van der Waals surface area contributed by atoms with Gasteiger partial charge < -0.3 is 15.2 Å². The second-order valence-electron chi connectivity index (χ2n) is 9.23. The van der Waals surface area contributed by atoms with Crippen LogP contribution >= 0.6 is 0 Å². The lowest BCUT2D eigenvalue weighted by Crippen LogP contribution is -2.41. The number of hydrogen-bond donors (Lipinski definition) is 2. The van der Waals surface area contributed by atoms with Crippen LogP contribution in [0.2, 0.25) is 0 Å². The molecule has 2 aliphatic rings. The molecule has 4 rings (SSSR count). The molecule has 3 heterocycles. The Morgan fingerprint density at radius 3 is 2.52 bits per heavy atom. The van der Waals surface area contributed by atoms with Gasteiger partial charge in [0.25, 0.3) is 5.91 Å². The van der Waals surface area contributed by atoms with Crippen LogP contribution in [0.4, 0.5) is 0 Å². The molecule has 2 fully saturated rings. The third kappa shape index (κ3) is 5.47. The van der Waals surface area contributed by atoms with Gasteiger partial charge in [-0.1, -0.05) is 19.3 Å². The van der Waals surface area contributed by atoms with Crippen LogP contribution in [0.1, 0.15) is 62.2 Å². The summed E-state index contributed by atoms with van der Waals surface area (Å²) >= 11 is 0. The second-order valence-corrected chi connectivity index (χ2v) is 11.1. The van der Waals surface area contributed by atoms with Gasteiger partial charge in [0, 0.05) is 42.6 Å². The minimum Gasteiger partial charge on any atom is -0.351 e. The molecule has 0 spiro atoms. The summed E-state index contributed by atoms with van der Waals surface area (Å²) in [5, 5.41) is 3.36. The van der Waals surface area contributed by atoms with E-state index in [0.717, 1.165) is 38.9 Å². The Kier molecular flexibility index (Phi) is 7.51. The summed E-state index contributed by atoms with van der Waals surface area (Å²) in [6.07, 6.45) is 7.57. The highest BCUT2D eigenvalue weighted by Gasteiger charge is 2.31. The van der Waals surface area contributed by atoms with Crippen molar-refractivity contribution in [3.63, 3.8) is 0 Å². The largest absolute Gasteiger partial charge is 0.351 e. The average molecular weight is 475 g/mol. The predicted molar refractivity (Wildman–Crippen MR) is 129 cm³/mol. The van der Waals surface area contributed by atoms with Gasteiger partial charge in [-0.15, -0.1) is 0 Å². The van der Waals surface area contributed by atoms with Gasteiger partial charge in [-0.2, -0.15) is 4.31 Å². The Labute approximate surface area is 195 Å². The molecule has 2 aromatic rings. The van der Waals surface area contributed by atoms with Crippen LogP contribution in [0.3, 0.4) is 0 Å². The summed E-state index contributed by atoms with van der Waals surface area (Å²) in [7, 11) is -3.69. The van der Waals surface area contributed by atoms with Crippen molar-refractivity contribution in [2.75, 3.05) is 32.7 Å². The third-order valence-electron chi connectivity index (χ3n) is 6.82. The first-order chi connectivity index (χ1) is 15.9. The van der Waals surface area contributed by atoms with Gasteiger partial charge in [-0.05, 0) is 63.9 Å². The molecule has 0 bridgehead atoms. The number of piperidine rings is 1. The maximum absolute atomic E-state index is 13.3. The quantitative estimate of drug-likeness (QED) is 0.670. The molecule has 0 saturated carbocycles. The zero-order chi connectivity index (χ0) is 23.4. The minimum absolute atomic E-state index is 0.0585. The molecule has 180 valence electrons. The van der Waals surface area contributed by atoms with Gasteiger partial charge >= 0.3 is 0 Å². The van der Waals surface area contributed by atoms with Crippen molar-refractivity contribution in [1.82, 2.24) is 19.5 Å². The van der Waals surface area contributed by atoms with E-state index >= 15 is 0 Å². The number of hydrogen-bond acceptors (Lipinski definition) is 5. The number of H-pyrrole nitrogens is 1. The smallest absolute Gasteiger partial charge is 0.252 e. The van der Waals surface area contributed by atoms with E-state index in [1.54, 1.807) is 10.4 Å². The molecule has 8 nitrogen and oxygen atoms in total. The predicted octanol–water partition coefficient (Wildman–Crippen LogP) is 2.70. The van der Waals surface area contributed by atoms with Crippen LogP contribution in [0, 0.1) is 0 Å². The van der Waals surface area contributed by atoms with E-state index in [1.165, 1.54) is 43.9 Å². The number of sulfonamides is 1. The van der Waals surface area contributed by atoms with E-state index in [4.69, 9.17) is 0 Å². The number of rotatable bonds is 6. The maximum Gasteiger partial charge on any atom is 0.252 e. The number of benzene rings is 1. The van der Waals surface area contributed by atoms with Crippen molar-refractivity contribution in [2.45, 2.75) is 62.8 Å². The Balaban J connectivity index is 1.57. The van der Waals surface area contributed by atoms with Gasteiger partial charge in [0.05, 0.1) is 10.5 Å². The molecule has 0 radical (unpaired) electrons. The summed E-state index contributed by atoms with van der Waals surface area (Å²) in [6, 6.07) is 5.80. The first kappa shape index (κ1) is 23.9. The van der Waals surface area contributed by atoms with Crippen molar-refractivity contribution >= 4 is 26.8 Å². The molecule has 9 heteroatoms. The van der Waals surface area contributed by atoms with Crippen LogP contribution in [-0.4, -0.2) is 67.3 Å². The number of aromatic nitrogens is 1. The molecule has 0 aliphatic carbocycles. The van der Waals surface area contributed by atoms with Crippen molar-refractivity contribution in [1.29, 1.82) is 0 Å². The molecular formula is C24H34N4O4S. The van der Waals surface area contributed by atoms with Gasteiger partial charge in [-0.3, -0.25) is 9.59 Å². The maximum atomic E-state index is 13.3. The van der Waals surface area contributed by atoms with E-state index in [0.29, 0.717) is 24.0 Å². The molecule has 1 aromatic carbocycles. The fourth-order valence-corrected chi connectivity index (χ4v) is 6.65. The van der Waals surface area contributed by atoms with E-state index in [2.05, 4.69) is 15.2 Å². The SMILES string of the molecule is CC1CCCCN1S(=O)(=O)c1ccc2[nH]c(=O)cc(C(=O)NCCN3CCCCCC3)c2c1. The molecule has 1 amide bonds.